The van der Waals surface area contributed by atoms with Crippen LogP contribution in [0.15, 0.2) is 48.5 Å². The van der Waals surface area contributed by atoms with Gasteiger partial charge in [0.05, 0.1) is 5.56 Å². The highest BCUT2D eigenvalue weighted by molar-refractivity contribution is 6.31. The fourth-order valence-corrected chi connectivity index (χ4v) is 5.66. The molecule has 5 heteroatoms. The molecule has 0 aliphatic heterocycles. The fraction of sp³-hybridized carbons (Fsp3) is 0.438. The van der Waals surface area contributed by atoms with Gasteiger partial charge in [-0.2, -0.15) is 0 Å². The molecule has 0 N–H and O–H groups in total. The summed E-state index contributed by atoms with van der Waals surface area (Å²) in [5, 5.41) is -0.688. The van der Waals surface area contributed by atoms with Gasteiger partial charge in [-0.05, 0) is 96.9 Å². The minimum absolute atomic E-state index is 0.202. The van der Waals surface area contributed by atoms with Gasteiger partial charge in [0, 0.05) is 0 Å². The molecule has 1 aliphatic carbocycles. The molecule has 0 aromatic heterocycles. The van der Waals surface area contributed by atoms with Gasteiger partial charge in [0.1, 0.15) is 28.3 Å². The van der Waals surface area contributed by atoms with Gasteiger partial charge in [-0.1, -0.05) is 74.9 Å². The molecule has 0 atom stereocenters. The number of halogens is 5. The van der Waals surface area contributed by atoms with Gasteiger partial charge in [-0.15, -0.1) is 0 Å². The SMILES string of the molecule is CCCCc1ccc(CCC2CCC(CCc3cc(F)c(-c4cc(F)c(Cl)c(F)c4)c(F)c3)CC2)cc1. The van der Waals surface area contributed by atoms with E-state index in [4.69, 9.17) is 11.6 Å². The number of rotatable bonds is 10. The predicted octanol–water partition coefficient (Wildman–Crippen LogP) is 10.3. The molecule has 37 heavy (non-hydrogen) atoms. The van der Waals surface area contributed by atoms with Crippen LogP contribution in [0, 0.1) is 35.1 Å². The maximum Gasteiger partial charge on any atom is 0.145 e. The summed E-state index contributed by atoms with van der Waals surface area (Å²) in [6.45, 7) is 2.22. The molecule has 0 nitrogen and oxygen atoms in total. The van der Waals surface area contributed by atoms with Crippen LogP contribution in [0.2, 0.25) is 5.02 Å². The van der Waals surface area contributed by atoms with Crippen LogP contribution in [0.4, 0.5) is 17.6 Å². The van der Waals surface area contributed by atoms with Crippen molar-refractivity contribution in [2.45, 2.75) is 77.6 Å². The first kappa shape index (κ1) is 27.7. The molecule has 198 valence electrons. The standard InChI is InChI=1S/C32H35ClF4/c1-2-3-4-21-5-7-22(8-6-21)9-10-23-11-13-24(14-12-23)15-16-25-17-27(34)31(28(35)18-25)26-19-29(36)32(33)30(37)20-26/h5-8,17-20,23-24H,2-4,9-16H2,1H3. The van der Waals surface area contributed by atoms with Gasteiger partial charge >= 0.3 is 0 Å². The summed E-state index contributed by atoms with van der Waals surface area (Å²) in [7, 11) is 0. The highest BCUT2D eigenvalue weighted by Gasteiger charge is 2.22. The van der Waals surface area contributed by atoms with Gasteiger partial charge in [0.25, 0.3) is 0 Å². The quantitative estimate of drug-likeness (QED) is 0.181. The summed E-state index contributed by atoms with van der Waals surface area (Å²) < 4.78 is 57.1. The van der Waals surface area contributed by atoms with E-state index in [-0.39, 0.29) is 5.56 Å². The van der Waals surface area contributed by atoms with Crippen LogP contribution in [-0.2, 0) is 19.3 Å². The van der Waals surface area contributed by atoms with E-state index in [0.717, 1.165) is 50.2 Å². The molecule has 3 aromatic rings. The molecule has 0 saturated heterocycles. The molecule has 3 aromatic carbocycles. The fourth-order valence-electron chi connectivity index (χ4n) is 5.55. The van der Waals surface area contributed by atoms with Gasteiger partial charge < -0.3 is 0 Å². The molecular formula is C32H35ClF4. The second-order valence-corrected chi connectivity index (χ2v) is 11.0. The summed E-state index contributed by atoms with van der Waals surface area (Å²) in [6, 6.07) is 13.4. The summed E-state index contributed by atoms with van der Waals surface area (Å²) >= 11 is 5.49. The molecule has 0 heterocycles. The number of unbranched alkanes of at least 4 members (excludes halogenated alkanes) is 1. The molecular weight excluding hydrogens is 496 g/mol. The Kier molecular flexibility index (Phi) is 9.70. The van der Waals surface area contributed by atoms with E-state index in [9.17, 15) is 17.6 Å². The van der Waals surface area contributed by atoms with E-state index in [1.807, 2.05) is 0 Å². The maximum atomic E-state index is 14.8. The summed E-state index contributed by atoms with van der Waals surface area (Å²) in [4.78, 5) is 0. The summed E-state index contributed by atoms with van der Waals surface area (Å²) in [5.74, 6) is -2.44. The molecule has 1 fully saturated rings. The van der Waals surface area contributed by atoms with Crippen molar-refractivity contribution in [3.63, 3.8) is 0 Å². The van der Waals surface area contributed by atoms with E-state index >= 15 is 0 Å². The van der Waals surface area contributed by atoms with Gasteiger partial charge in [-0.25, -0.2) is 17.6 Å². The Morgan fingerprint density at radius 2 is 1.11 bits per heavy atom. The average molecular weight is 531 g/mol. The van der Waals surface area contributed by atoms with E-state index in [1.165, 1.54) is 55.4 Å². The summed E-state index contributed by atoms with van der Waals surface area (Å²) in [5.41, 5.74) is 2.77. The normalized spacial score (nSPS) is 17.8. The summed E-state index contributed by atoms with van der Waals surface area (Å²) in [6.07, 6.45) is 12.1. The number of aryl methyl sites for hydroxylation is 3. The van der Waals surface area contributed by atoms with Crippen LogP contribution in [-0.4, -0.2) is 0 Å². The molecule has 0 amide bonds. The topological polar surface area (TPSA) is 0 Å². The molecule has 1 aliphatic rings. The van der Waals surface area contributed by atoms with Crippen molar-refractivity contribution in [2.24, 2.45) is 11.8 Å². The first-order valence-corrected chi connectivity index (χ1v) is 13.9. The van der Waals surface area contributed by atoms with E-state index in [2.05, 4.69) is 31.2 Å². The Morgan fingerprint density at radius 1 is 0.649 bits per heavy atom. The van der Waals surface area contributed by atoms with Crippen LogP contribution in [0.1, 0.15) is 75.0 Å². The van der Waals surface area contributed by atoms with Crippen molar-refractivity contribution in [3.8, 4) is 11.1 Å². The molecule has 0 spiro atoms. The zero-order valence-electron chi connectivity index (χ0n) is 21.4. The Hall–Kier alpha value is -2.33. The number of hydrogen-bond donors (Lipinski definition) is 0. The van der Waals surface area contributed by atoms with E-state index in [0.29, 0.717) is 17.9 Å². The minimum atomic E-state index is -1.05. The minimum Gasteiger partial charge on any atom is -0.206 e. The second kappa shape index (κ2) is 13.0. The lowest BCUT2D eigenvalue weighted by molar-refractivity contribution is 0.253. The zero-order valence-corrected chi connectivity index (χ0v) is 22.2. The van der Waals surface area contributed by atoms with Crippen LogP contribution < -0.4 is 0 Å². The second-order valence-electron chi connectivity index (χ2n) is 10.6. The van der Waals surface area contributed by atoms with Gasteiger partial charge in [0.2, 0.25) is 0 Å². The number of benzene rings is 3. The van der Waals surface area contributed by atoms with Crippen molar-refractivity contribution in [1.29, 1.82) is 0 Å². The predicted molar refractivity (Wildman–Crippen MR) is 144 cm³/mol. The Bertz CT molecular complexity index is 1130. The van der Waals surface area contributed by atoms with Crippen molar-refractivity contribution < 1.29 is 17.6 Å². The van der Waals surface area contributed by atoms with Crippen molar-refractivity contribution in [2.75, 3.05) is 0 Å². The highest BCUT2D eigenvalue weighted by atomic mass is 35.5. The third kappa shape index (κ3) is 7.37. The monoisotopic (exact) mass is 530 g/mol. The van der Waals surface area contributed by atoms with Crippen LogP contribution in [0.3, 0.4) is 0 Å². The van der Waals surface area contributed by atoms with Gasteiger partial charge in [-0.3, -0.25) is 0 Å². The number of hydrogen-bond acceptors (Lipinski definition) is 0. The Morgan fingerprint density at radius 3 is 1.59 bits per heavy atom. The van der Waals surface area contributed by atoms with E-state index in [1.54, 1.807) is 0 Å². The lowest BCUT2D eigenvalue weighted by atomic mass is 9.77. The van der Waals surface area contributed by atoms with Crippen LogP contribution in [0.5, 0.6) is 0 Å². The first-order chi connectivity index (χ1) is 17.8. The lowest BCUT2D eigenvalue weighted by Gasteiger charge is -2.28. The third-order valence-corrected chi connectivity index (χ3v) is 8.23. The van der Waals surface area contributed by atoms with Gasteiger partial charge in [0.15, 0.2) is 0 Å². The van der Waals surface area contributed by atoms with Crippen LogP contribution >= 0.6 is 11.6 Å². The molecule has 0 radical (unpaired) electrons. The largest absolute Gasteiger partial charge is 0.206 e. The highest BCUT2D eigenvalue weighted by Crippen LogP contribution is 2.35. The van der Waals surface area contributed by atoms with Crippen molar-refractivity contribution >= 4 is 11.6 Å². The van der Waals surface area contributed by atoms with Crippen LogP contribution in [0.25, 0.3) is 11.1 Å². The van der Waals surface area contributed by atoms with Crippen molar-refractivity contribution in [1.82, 2.24) is 0 Å². The Balaban J connectivity index is 1.25. The third-order valence-electron chi connectivity index (χ3n) is 7.87. The Labute approximate surface area is 223 Å². The lowest BCUT2D eigenvalue weighted by Crippen LogP contribution is -2.16. The molecule has 0 unspecified atom stereocenters. The first-order valence-electron chi connectivity index (χ1n) is 13.5. The maximum absolute atomic E-state index is 14.8. The molecule has 4 rings (SSSR count). The van der Waals surface area contributed by atoms with E-state index < -0.39 is 33.9 Å². The molecule has 0 bridgehead atoms. The molecule has 1 saturated carbocycles. The van der Waals surface area contributed by atoms with Crippen molar-refractivity contribution in [3.05, 3.63) is 93.5 Å². The smallest absolute Gasteiger partial charge is 0.145 e. The average Bonchev–Trinajstić information content (AvgIpc) is 2.89. The zero-order chi connectivity index (χ0) is 26.4.